The number of nitrogens with one attached hydrogen (secondary N) is 1. The first-order chi connectivity index (χ1) is 16.1. The lowest BCUT2D eigenvalue weighted by atomic mass is 10.1. The Kier molecular flexibility index (Phi) is 6.72. The summed E-state index contributed by atoms with van der Waals surface area (Å²) in [5.74, 6) is -0.499. The van der Waals surface area contributed by atoms with Crippen LogP contribution in [0, 0.1) is 5.41 Å². The Labute approximate surface area is 209 Å². The van der Waals surface area contributed by atoms with Gasteiger partial charge in [0.05, 0.1) is 29.7 Å². The fraction of sp³-hybridized carbons (Fsp3) is 0.143. The molecule has 13 heteroatoms. The third-order valence-corrected chi connectivity index (χ3v) is 7.12. The maximum atomic E-state index is 12.6. The van der Waals surface area contributed by atoms with Crippen LogP contribution in [-0.2, 0) is 21.2 Å². The molecule has 0 unspecified atom stereocenters. The molecule has 2 aromatic rings. The molecule has 0 radical (unpaired) electrons. The fourth-order valence-corrected chi connectivity index (χ4v) is 5.44. The number of benzene rings is 2. The van der Waals surface area contributed by atoms with E-state index >= 15 is 0 Å². The molecule has 34 heavy (non-hydrogen) atoms. The van der Waals surface area contributed by atoms with Gasteiger partial charge in [0.1, 0.15) is 12.4 Å². The van der Waals surface area contributed by atoms with E-state index in [4.69, 9.17) is 38.1 Å². The van der Waals surface area contributed by atoms with E-state index in [1.807, 2.05) is 18.2 Å². The molecule has 0 spiro atoms. The van der Waals surface area contributed by atoms with Crippen molar-refractivity contribution in [2.75, 3.05) is 13.4 Å². The number of ether oxygens (including phenoxy) is 2. The lowest BCUT2D eigenvalue weighted by molar-refractivity contribution is -0.114. The van der Waals surface area contributed by atoms with Crippen LogP contribution in [-0.4, -0.2) is 48.8 Å². The number of methoxy groups -OCH3 is 1. The van der Waals surface area contributed by atoms with E-state index in [0.29, 0.717) is 16.3 Å². The molecule has 2 heterocycles. The maximum Gasteiger partial charge on any atom is 0.283 e. The molecule has 1 amide bonds. The van der Waals surface area contributed by atoms with Crippen LogP contribution in [0.2, 0.25) is 10.0 Å². The summed E-state index contributed by atoms with van der Waals surface area (Å²) in [7, 11) is -2.31. The summed E-state index contributed by atoms with van der Waals surface area (Å²) >= 11 is 13.3. The molecule has 1 N–H and O–H groups in total. The average molecular weight is 539 g/mol. The van der Waals surface area contributed by atoms with Gasteiger partial charge in [0.15, 0.2) is 11.5 Å². The van der Waals surface area contributed by atoms with Crippen LogP contribution in [0.15, 0.2) is 51.4 Å². The van der Waals surface area contributed by atoms with Gasteiger partial charge in [0.2, 0.25) is 20.2 Å². The first-order valence-electron chi connectivity index (χ1n) is 9.52. The highest BCUT2D eigenvalue weighted by atomic mass is 35.5. The number of amides is 1. The van der Waals surface area contributed by atoms with E-state index in [0.717, 1.165) is 28.7 Å². The number of aliphatic imine (C=N–C) groups is 1. The van der Waals surface area contributed by atoms with Crippen LogP contribution in [0.1, 0.15) is 11.1 Å². The molecular weight excluding hydrogens is 523 g/mol. The summed E-state index contributed by atoms with van der Waals surface area (Å²) in [4.78, 5) is 17.5. The molecular formula is C21H16Cl2N4O5S2. The number of rotatable bonds is 5. The van der Waals surface area contributed by atoms with Gasteiger partial charge in [-0.15, -0.1) is 0 Å². The Morgan fingerprint density at radius 3 is 2.62 bits per heavy atom. The first kappa shape index (κ1) is 24.3. The number of nitrogens with zero attached hydrogens (tertiary/aromatic N) is 3. The molecule has 0 aromatic heterocycles. The van der Waals surface area contributed by atoms with Gasteiger partial charge in [0.25, 0.3) is 5.91 Å². The van der Waals surface area contributed by atoms with E-state index in [9.17, 15) is 13.2 Å². The largest absolute Gasteiger partial charge is 0.493 e. The first-order valence-corrected chi connectivity index (χ1v) is 12.9. The Morgan fingerprint density at radius 1 is 1.21 bits per heavy atom. The minimum Gasteiger partial charge on any atom is -0.493 e. The molecule has 0 saturated heterocycles. The molecule has 0 bridgehead atoms. The number of hydrogen-bond donors (Lipinski definition) is 1. The zero-order chi connectivity index (χ0) is 24.6. The van der Waals surface area contributed by atoms with Crippen LogP contribution in [0.3, 0.4) is 0 Å². The van der Waals surface area contributed by atoms with Gasteiger partial charge in [-0.3, -0.25) is 10.2 Å². The second-order valence-electron chi connectivity index (χ2n) is 7.09. The quantitative estimate of drug-likeness (QED) is 0.447. The number of carbonyl (C=O) groups excluding carboxylic acids is 1. The topological polar surface area (TPSA) is 121 Å². The molecule has 2 aromatic carbocycles. The Hall–Kier alpha value is -2.86. The van der Waals surface area contributed by atoms with Gasteiger partial charge < -0.3 is 9.47 Å². The summed E-state index contributed by atoms with van der Waals surface area (Å²) in [5.41, 5.74) is 1.05. The number of halogens is 2. The molecule has 0 saturated carbocycles. The highest BCUT2D eigenvalue weighted by Gasteiger charge is 2.41. The number of hydrogen-bond acceptors (Lipinski definition) is 8. The standard InChI is InChI=1S/C21H16Cl2N4O5S2/c1-31-16-9-11(8-15(23)17(16)32-10-12-5-3-4-6-14(12)22)7-13-18(24)27-20(25-19(13)28)33-26-21(27)34(2,29)30/h3-9,24H,10H2,1-2H3/b13-7-,24-18?. The number of sulfone groups is 1. The van der Waals surface area contributed by atoms with Crippen LogP contribution >= 0.6 is 35.1 Å². The van der Waals surface area contributed by atoms with Crippen molar-refractivity contribution >= 4 is 73.1 Å². The second-order valence-corrected chi connectivity index (χ2v) is 10.5. The Bertz CT molecular complexity index is 1420. The minimum absolute atomic E-state index is 0.00603. The Morgan fingerprint density at radius 2 is 1.94 bits per heavy atom. The highest BCUT2D eigenvalue weighted by molar-refractivity contribution is 8.16. The molecule has 0 aliphatic carbocycles. The average Bonchev–Trinajstić information content (AvgIpc) is 3.21. The zero-order valence-electron chi connectivity index (χ0n) is 17.7. The van der Waals surface area contributed by atoms with Crippen LogP contribution in [0.5, 0.6) is 11.5 Å². The van der Waals surface area contributed by atoms with E-state index < -0.39 is 15.7 Å². The molecule has 2 aliphatic heterocycles. The van der Waals surface area contributed by atoms with Gasteiger partial charge in [-0.2, -0.15) is 9.39 Å². The molecule has 0 atom stereocenters. The second kappa shape index (κ2) is 9.41. The predicted molar refractivity (Wildman–Crippen MR) is 134 cm³/mol. The van der Waals surface area contributed by atoms with E-state index in [2.05, 4.69) is 9.39 Å². The van der Waals surface area contributed by atoms with Crippen LogP contribution in [0.4, 0.5) is 0 Å². The van der Waals surface area contributed by atoms with Crippen LogP contribution < -0.4 is 9.47 Å². The smallest absolute Gasteiger partial charge is 0.283 e. The zero-order valence-corrected chi connectivity index (χ0v) is 20.8. The molecule has 9 nitrogen and oxygen atoms in total. The number of fused-ring (bicyclic) bond motifs is 1. The lowest BCUT2D eigenvalue weighted by Gasteiger charge is -2.24. The van der Waals surface area contributed by atoms with Gasteiger partial charge in [-0.1, -0.05) is 41.4 Å². The van der Waals surface area contributed by atoms with Gasteiger partial charge in [-0.05, 0) is 29.8 Å². The van der Waals surface area contributed by atoms with Crippen molar-refractivity contribution in [1.29, 1.82) is 5.41 Å². The van der Waals surface area contributed by atoms with Crippen molar-refractivity contribution < 1.29 is 22.7 Å². The van der Waals surface area contributed by atoms with E-state index in [1.54, 1.807) is 12.1 Å². The van der Waals surface area contributed by atoms with Crippen molar-refractivity contribution in [2.24, 2.45) is 9.39 Å². The summed E-state index contributed by atoms with van der Waals surface area (Å²) in [6.45, 7) is 0.150. The van der Waals surface area contributed by atoms with Crippen molar-refractivity contribution in [3.05, 3.63) is 63.1 Å². The molecule has 2 aliphatic rings. The van der Waals surface area contributed by atoms with Gasteiger partial charge >= 0.3 is 0 Å². The maximum absolute atomic E-state index is 12.6. The number of amidine groups is 3. The SMILES string of the molecule is COc1cc(/C=C2/C(=N)N3C(=NC2=O)SN=C3S(C)(=O)=O)cc(Cl)c1OCc1ccccc1Cl. The molecule has 0 fully saturated rings. The summed E-state index contributed by atoms with van der Waals surface area (Å²) < 4.78 is 39.1. The fourth-order valence-electron chi connectivity index (χ4n) is 3.13. The van der Waals surface area contributed by atoms with Gasteiger partial charge in [0, 0.05) is 16.8 Å². The van der Waals surface area contributed by atoms with Crippen molar-refractivity contribution in [1.82, 2.24) is 4.90 Å². The van der Waals surface area contributed by atoms with Gasteiger partial charge in [-0.25, -0.2) is 13.3 Å². The monoisotopic (exact) mass is 538 g/mol. The lowest BCUT2D eigenvalue weighted by Crippen LogP contribution is -2.45. The third-order valence-electron chi connectivity index (χ3n) is 4.72. The van der Waals surface area contributed by atoms with Crippen LogP contribution in [0.25, 0.3) is 6.08 Å². The third kappa shape index (κ3) is 4.69. The van der Waals surface area contributed by atoms with Crippen molar-refractivity contribution in [3.63, 3.8) is 0 Å². The molecule has 176 valence electrons. The predicted octanol–water partition coefficient (Wildman–Crippen LogP) is 4.20. The number of carbonyl (C=O) groups is 1. The highest BCUT2D eigenvalue weighted by Crippen LogP contribution is 2.38. The summed E-state index contributed by atoms with van der Waals surface area (Å²) in [6.07, 6.45) is 2.34. The van der Waals surface area contributed by atoms with Crippen molar-refractivity contribution in [3.8, 4) is 11.5 Å². The van der Waals surface area contributed by atoms with E-state index in [-0.39, 0.29) is 39.1 Å². The molecule has 4 rings (SSSR count). The minimum atomic E-state index is -3.75. The van der Waals surface area contributed by atoms with Crippen molar-refractivity contribution in [2.45, 2.75) is 6.61 Å². The summed E-state index contributed by atoms with van der Waals surface area (Å²) in [6, 6.07) is 10.3. The summed E-state index contributed by atoms with van der Waals surface area (Å²) in [5, 5.41) is 8.83. The normalized spacial score (nSPS) is 16.9. The Balaban J connectivity index is 1.66. The van der Waals surface area contributed by atoms with E-state index in [1.165, 1.54) is 19.3 Å².